The first-order chi connectivity index (χ1) is 8.72. The van der Waals surface area contributed by atoms with Crippen LogP contribution in [0.5, 0.6) is 5.75 Å². The zero-order chi connectivity index (χ0) is 14.6. The molecule has 0 amide bonds. The van der Waals surface area contributed by atoms with Gasteiger partial charge in [-0.2, -0.15) is 0 Å². The van der Waals surface area contributed by atoms with Crippen molar-refractivity contribution in [1.82, 2.24) is 0 Å². The summed E-state index contributed by atoms with van der Waals surface area (Å²) in [6.07, 6.45) is 0. The van der Waals surface area contributed by atoms with Crippen LogP contribution >= 0.6 is 7.37 Å². The van der Waals surface area contributed by atoms with Gasteiger partial charge in [0.2, 0.25) is 0 Å². The van der Waals surface area contributed by atoms with E-state index in [9.17, 15) is 4.57 Å². The van der Waals surface area contributed by atoms with Crippen LogP contribution in [0.25, 0.3) is 0 Å². The molecule has 4 heteroatoms. The van der Waals surface area contributed by atoms with E-state index in [-0.39, 0.29) is 6.79 Å². The Hall–Kier alpha value is -0.790. The van der Waals surface area contributed by atoms with Gasteiger partial charge in [-0.15, -0.1) is 0 Å². The summed E-state index contributed by atoms with van der Waals surface area (Å²) in [4.78, 5) is 0. The first-order valence-corrected chi connectivity index (χ1v) is 9.19. The largest absolute Gasteiger partial charge is 0.467 e. The van der Waals surface area contributed by atoms with Gasteiger partial charge in [0.15, 0.2) is 14.2 Å². The molecule has 0 radical (unpaired) electrons. The van der Waals surface area contributed by atoms with Gasteiger partial charge in [0.05, 0.1) is 0 Å². The Kier molecular flexibility index (Phi) is 5.64. The minimum absolute atomic E-state index is 0.0354. The monoisotopic (exact) mass is 284 g/mol. The van der Waals surface area contributed by atoms with Crippen LogP contribution in [0.2, 0.25) is 0 Å². The van der Waals surface area contributed by atoms with Gasteiger partial charge in [0, 0.05) is 13.3 Å². The van der Waals surface area contributed by atoms with E-state index in [0.717, 1.165) is 16.9 Å². The van der Waals surface area contributed by atoms with Crippen molar-refractivity contribution in [2.24, 2.45) is 0 Å². The fourth-order valence-electron chi connectivity index (χ4n) is 1.86. The van der Waals surface area contributed by atoms with Crippen LogP contribution in [-0.2, 0) is 9.09 Å². The van der Waals surface area contributed by atoms with Crippen LogP contribution < -0.4 is 4.74 Å². The second kappa shape index (κ2) is 6.58. The molecule has 1 aromatic rings. The van der Waals surface area contributed by atoms with Crippen molar-refractivity contribution in [2.45, 2.75) is 39.5 Å². The highest BCUT2D eigenvalue weighted by atomic mass is 31.2. The van der Waals surface area contributed by atoms with Crippen molar-refractivity contribution >= 4 is 7.37 Å². The molecule has 0 saturated carbocycles. The first-order valence-electron chi connectivity index (χ1n) is 6.67. The van der Waals surface area contributed by atoms with Crippen LogP contribution in [0.3, 0.4) is 0 Å². The molecule has 0 aromatic heterocycles. The molecule has 1 rings (SSSR count). The lowest BCUT2D eigenvalue weighted by Gasteiger charge is -2.20. The minimum atomic E-state index is -2.51. The van der Waals surface area contributed by atoms with Gasteiger partial charge < -0.3 is 4.74 Å². The van der Waals surface area contributed by atoms with Crippen LogP contribution in [0.4, 0.5) is 0 Å². The Bertz CT molecular complexity index is 434. The van der Waals surface area contributed by atoms with E-state index in [1.807, 2.05) is 0 Å². The van der Waals surface area contributed by atoms with Gasteiger partial charge in [-0.25, -0.2) is 0 Å². The quantitative estimate of drug-likeness (QED) is 0.554. The van der Waals surface area contributed by atoms with E-state index >= 15 is 0 Å². The zero-order valence-electron chi connectivity index (χ0n) is 12.8. The van der Waals surface area contributed by atoms with Crippen molar-refractivity contribution in [2.75, 3.05) is 20.1 Å². The predicted molar refractivity (Wildman–Crippen MR) is 80.7 cm³/mol. The molecular weight excluding hydrogens is 259 g/mol. The molecule has 0 bridgehead atoms. The third-order valence-electron chi connectivity index (χ3n) is 2.89. The van der Waals surface area contributed by atoms with Crippen LogP contribution in [0, 0.1) is 0 Å². The summed E-state index contributed by atoms with van der Waals surface area (Å²) >= 11 is 0. The van der Waals surface area contributed by atoms with E-state index in [1.165, 1.54) is 0 Å². The molecule has 0 heterocycles. The lowest BCUT2D eigenvalue weighted by atomic mass is 9.94. The van der Waals surface area contributed by atoms with E-state index in [1.54, 1.807) is 13.3 Å². The molecule has 0 N–H and O–H groups in total. The van der Waals surface area contributed by atoms with Gasteiger partial charge >= 0.3 is 0 Å². The average molecular weight is 284 g/mol. The predicted octanol–water partition coefficient (Wildman–Crippen LogP) is 4.82. The molecule has 3 nitrogen and oxygen atoms in total. The number of rotatable bonds is 6. The highest BCUT2D eigenvalue weighted by Gasteiger charge is 2.16. The molecule has 0 aliphatic carbocycles. The highest BCUT2D eigenvalue weighted by Crippen LogP contribution is 2.39. The van der Waals surface area contributed by atoms with E-state index < -0.39 is 7.37 Å². The Balaban J connectivity index is 2.98. The van der Waals surface area contributed by atoms with Crippen LogP contribution in [0.1, 0.15) is 50.7 Å². The molecule has 1 aromatic carbocycles. The maximum atomic E-state index is 11.5. The number of para-hydroxylation sites is 1. The lowest BCUT2D eigenvalue weighted by molar-refractivity contribution is 0.122. The molecule has 0 atom stereocenters. The highest BCUT2D eigenvalue weighted by molar-refractivity contribution is 7.57. The molecule has 0 fully saturated rings. The Morgan fingerprint density at radius 3 is 1.89 bits per heavy atom. The maximum absolute atomic E-state index is 11.5. The third-order valence-corrected chi connectivity index (χ3v) is 3.61. The van der Waals surface area contributed by atoms with E-state index in [2.05, 4.69) is 45.9 Å². The van der Waals surface area contributed by atoms with Crippen molar-refractivity contribution in [3.8, 4) is 5.75 Å². The molecule has 19 heavy (non-hydrogen) atoms. The second-order valence-corrected chi connectivity index (χ2v) is 8.48. The van der Waals surface area contributed by atoms with Crippen LogP contribution in [0.15, 0.2) is 18.2 Å². The fourth-order valence-corrected chi connectivity index (χ4v) is 2.17. The smallest absolute Gasteiger partial charge is 0.200 e. The summed E-state index contributed by atoms with van der Waals surface area (Å²) in [5, 5.41) is 0. The Morgan fingerprint density at radius 1 is 1.05 bits per heavy atom. The van der Waals surface area contributed by atoms with Gasteiger partial charge in [-0.3, -0.25) is 9.09 Å². The number of hydrogen-bond acceptors (Lipinski definition) is 3. The van der Waals surface area contributed by atoms with Crippen molar-refractivity contribution in [1.29, 1.82) is 0 Å². The molecule has 0 aliphatic rings. The number of hydrogen-bond donors (Lipinski definition) is 0. The summed E-state index contributed by atoms with van der Waals surface area (Å²) in [5.74, 6) is 1.63. The van der Waals surface area contributed by atoms with E-state index in [0.29, 0.717) is 11.8 Å². The molecular formula is C15H25O3P. The van der Waals surface area contributed by atoms with Gasteiger partial charge in [0.25, 0.3) is 0 Å². The third kappa shape index (κ3) is 5.00. The van der Waals surface area contributed by atoms with Gasteiger partial charge in [0.1, 0.15) is 5.75 Å². The zero-order valence-corrected chi connectivity index (χ0v) is 13.7. The summed E-state index contributed by atoms with van der Waals surface area (Å²) in [6.45, 7) is 11.8. The average Bonchev–Trinajstić information content (AvgIpc) is 2.26. The fraction of sp³-hybridized carbons (Fsp3) is 0.600. The SMILES string of the molecule is CC(C)c1cccc(C(C)C)c1OCOP(C)(C)=O. The summed E-state index contributed by atoms with van der Waals surface area (Å²) in [6, 6.07) is 6.20. The van der Waals surface area contributed by atoms with Crippen LogP contribution in [-0.4, -0.2) is 20.1 Å². The van der Waals surface area contributed by atoms with Gasteiger partial charge in [-0.1, -0.05) is 45.9 Å². The molecule has 0 spiro atoms. The van der Waals surface area contributed by atoms with Crippen molar-refractivity contribution in [3.63, 3.8) is 0 Å². The number of ether oxygens (including phenoxy) is 1. The lowest BCUT2D eigenvalue weighted by Crippen LogP contribution is -2.07. The molecule has 108 valence electrons. The Labute approximate surface area is 116 Å². The summed E-state index contributed by atoms with van der Waals surface area (Å²) in [7, 11) is -2.51. The summed E-state index contributed by atoms with van der Waals surface area (Å²) < 4.78 is 22.5. The summed E-state index contributed by atoms with van der Waals surface area (Å²) in [5.41, 5.74) is 2.33. The van der Waals surface area contributed by atoms with Crippen molar-refractivity contribution < 1.29 is 13.8 Å². The molecule has 0 unspecified atom stereocenters. The minimum Gasteiger partial charge on any atom is -0.467 e. The maximum Gasteiger partial charge on any atom is 0.200 e. The second-order valence-electron chi connectivity index (χ2n) is 5.72. The van der Waals surface area contributed by atoms with E-state index in [4.69, 9.17) is 9.26 Å². The van der Waals surface area contributed by atoms with Crippen molar-refractivity contribution in [3.05, 3.63) is 29.3 Å². The topological polar surface area (TPSA) is 35.5 Å². The molecule has 0 saturated heterocycles. The first kappa shape index (κ1) is 16.3. The van der Waals surface area contributed by atoms with Gasteiger partial charge in [-0.05, 0) is 23.0 Å². The standard InChI is InChI=1S/C15H25O3P/c1-11(2)13-8-7-9-14(12(3)4)15(13)17-10-18-19(5,6)16/h7-9,11-12H,10H2,1-6H3. The Morgan fingerprint density at radius 2 is 1.53 bits per heavy atom. The molecule has 0 aliphatic heterocycles. The normalized spacial score (nSPS) is 12.2. The number of benzene rings is 1.